The van der Waals surface area contributed by atoms with Crippen LogP contribution >= 0.6 is 0 Å². The van der Waals surface area contributed by atoms with Crippen molar-refractivity contribution < 1.29 is 9.59 Å². The molecule has 0 radical (unpaired) electrons. The highest BCUT2D eigenvalue weighted by Crippen LogP contribution is 2.36. The molecule has 142 valence electrons. The number of hydrogen-bond acceptors (Lipinski definition) is 4. The van der Waals surface area contributed by atoms with Crippen molar-refractivity contribution >= 4 is 17.6 Å². The number of nitrogens with one attached hydrogen (secondary N) is 3. The number of hydrogen-bond donors (Lipinski definition) is 3. The van der Waals surface area contributed by atoms with E-state index in [2.05, 4.69) is 25.8 Å². The maximum atomic E-state index is 12.3. The predicted molar refractivity (Wildman–Crippen MR) is 101 cm³/mol. The van der Waals surface area contributed by atoms with Crippen molar-refractivity contribution in [3.8, 4) is 0 Å². The Morgan fingerprint density at radius 2 is 1.81 bits per heavy atom. The number of anilines is 1. The Hall–Kier alpha value is -2.70. The van der Waals surface area contributed by atoms with Crippen LogP contribution in [0.1, 0.15) is 66.9 Å². The van der Waals surface area contributed by atoms with Gasteiger partial charge in [-0.3, -0.25) is 19.7 Å². The van der Waals surface area contributed by atoms with Crippen LogP contribution in [-0.2, 0) is 4.79 Å². The van der Waals surface area contributed by atoms with Crippen molar-refractivity contribution in [3.05, 3.63) is 41.9 Å². The number of aromatic amines is 1. The quantitative estimate of drug-likeness (QED) is 0.756. The highest BCUT2D eigenvalue weighted by atomic mass is 16.2. The SMILES string of the molecule is O=C(NC1CC(c2cc(NC(=O)C3CCCCC3)n[nH]2)C1)c1ccncc1. The standard InChI is InChI=1S/C20H25N5O2/c26-19(14-6-8-21-9-7-14)22-16-10-15(11-16)17-12-18(25-24-17)23-20(27)13-4-2-1-3-5-13/h6-9,12-13,15-16H,1-5,10-11H2,(H,22,26)(H2,23,24,25,27). The average Bonchev–Trinajstić information content (AvgIpc) is 3.13. The molecule has 2 saturated carbocycles. The topological polar surface area (TPSA) is 99.8 Å². The van der Waals surface area contributed by atoms with Crippen LogP contribution < -0.4 is 10.6 Å². The van der Waals surface area contributed by atoms with Crippen LogP contribution in [0.4, 0.5) is 5.82 Å². The molecular formula is C20H25N5O2. The second kappa shape index (κ2) is 7.90. The molecule has 2 aromatic heterocycles. The van der Waals surface area contributed by atoms with Crippen molar-refractivity contribution in [2.75, 3.05) is 5.32 Å². The third-order valence-electron chi connectivity index (χ3n) is 5.68. The third kappa shape index (κ3) is 4.18. The van der Waals surface area contributed by atoms with Gasteiger partial charge in [-0.15, -0.1) is 0 Å². The number of carbonyl (C=O) groups excluding carboxylic acids is 2. The second-order valence-electron chi connectivity index (χ2n) is 7.61. The molecule has 2 aliphatic carbocycles. The Morgan fingerprint density at radius 1 is 1.07 bits per heavy atom. The Kier molecular flexibility index (Phi) is 5.18. The van der Waals surface area contributed by atoms with Crippen LogP contribution in [0.2, 0.25) is 0 Å². The van der Waals surface area contributed by atoms with Crippen LogP contribution in [0.3, 0.4) is 0 Å². The molecule has 4 rings (SSSR count). The lowest BCUT2D eigenvalue weighted by Crippen LogP contribution is -2.43. The van der Waals surface area contributed by atoms with Gasteiger partial charge in [0.15, 0.2) is 5.82 Å². The van der Waals surface area contributed by atoms with E-state index in [9.17, 15) is 9.59 Å². The summed E-state index contributed by atoms with van der Waals surface area (Å²) in [6, 6.07) is 5.51. The fraction of sp³-hybridized carbons (Fsp3) is 0.500. The first-order valence-electron chi connectivity index (χ1n) is 9.76. The van der Waals surface area contributed by atoms with E-state index >= 15 is 0 Å². The number of H-pyrrole nitrogens is 1. The first-order valence-corrected chi connectivity index (χ1v) is 9.76. The minimum absolute atomic E-state index is 0.0640. The van der Waals surface area contributed by atoms with E-state index < -0.39 is 0 Å². The van der Waals surface area contributed by atoms with E-state index in [1.54, 1.807) is 24.5 Å². The number of carbonyl (C=O) groups is 2. The molecule has 0 spiro atoms. The number of rotatable bonds is 5. The molecule has 0 bridgehead atoms. The maximum absolute atomic E-state index is 12.3. The van der Waals surface area contributed by atoms with Crippen LogP contribution in [0, 0.1) is 5.92 Å². The summed E-state index contributed by atoms with van der Waals surface area (Å²) in [5.41, 5.74) is 1.64. The van der Waals surface area contributed by atoms with Gasteiger partial charge in [-0.1, -0.05) is 19.3 Å². The van der Waals surface area contributed by atoms with Crippen LogP contribution in [0.25, 0.3) is 0 Å². The molecule has 2 aromatic rings. The highest BCUT2D eigenvalue weighted by Gasteiger charge is 2.33. The van der Waals surface area contributed by atoms with Crippen LogP contribution in [0.15, 0.2) is 30.6 Å². The zero-order valence-corrected chi connectivity index (χ0v) is 15.3. The van der Waals surface area contributed by atoms with Gasteiger partial charge in [0, 0.05) is 47.6 Å². The summed E-state index contributed by atoms with van der Waals surface area (Å²) >= 11 is 0. The van der Waals surface area contributed by atoms with Gasteiger partial charge in [-0.2, -0.15) is 5.10 Å². The van der Waals surface area contributed by atoms with E-state index in [0.717, 1.165) is 44.2 Å². The maximum Gasteiger partial charge on any atom is 0.251 e. The third-order valence-corrected chi connectivity index (χ3v) is 5.68. The van der Waals surface area contributed by atoms with E-state index in [4.69, 9.17) is 0 Å². The van der Waals surface area contributed by atoms with Gasteiger partial charge in [0.2, 0.25) is 5.91 Å². The molecule has 0 atom stereocenters. The number of aromatic nitrogens is 3. The van der Waals surface area contributed by atoms with Gasteiger partial charge >= 0.3 is 0 Å². The van der Waals surface area contributed by atoms with Gasteiger partial charge < -0.3 is 10.6 Å². The zero-order chi connectivity index (χ0) is 18.6. The summed E-state index contributed by atoms with van der Waals surface area (Å²) in [7, 11) is 0. The molecule has 2 heterocycles. The molecule has 7 heteroatoms. The molecule has 27 heavy (non-hydrogen) atoms. The van der Waals surface area contributed by atoms with E-state index in [0.29, 0.717) is 17.3 Å². The van der Waals surface area contributed by atoms with Gasteiger partial charge in [0.1, 0.15) is 0 Å². The fourth-order valence-electron chi connectivity index (χ4n) is 3.96. The first-order chi connectivity index (χ1) is 13.2. The Morgan fingerprint density at radius 3 is 2.56 bits per heavy atom. The molecule has 0 aliphatic heterocycles. The van der Waals surface area contributed by atoms with E-state index in [1.807, 2.05) is 6.07 Å². The largest absolute Gasteiger partial charge is 0.349 e. The molecule has 2 amide bonds. The number of pyridine rings is 1. The summed E-state index contributed by atoms with van der Waals surface area (Å²) in [5.74, 6) is 1.08. The van der Waals surface area contributed by atoms with Crippen molar-refractivity contribution in [2.24, 2.45) is 5.92 Å². The van der Waals surface area contributed by atoms with Gasteiger partial charge in [0.25, 0.3) is 5.91 Å². The van der Waals surface area contributed by atoms with Crippen LogP contribution in [-0.4, -0.2) is 33.0 Å². The lowest BCUT2D eigenvalue weighted by molar-refractivity contribution is -0.120. The minimum Gasteiger partial charge on any atom is -0.349 e. The first kappa shape index (κ1) is 17.7. The summed E-state index contributed by atoms with van der Waals surface area (Å²) in [4.78, 5) is 28.4. The second-order valence-corrected chi connectivity index (χ2v) is 7.61. The molecule has 3 N–H and O–H groups in total. The lowest BCUT2D eigenvalue weighted by Gasteiger charge is -2.35. The molecule has 0 unspecified atom stereocenters. The summed E-state index contributed by atoms with van der Waals surface area (Å²) in [6.45, 7) is 0. The van der Waals surface area contributed by atoms with Gasteiger partial charge in [0.05, 0.1) is 0 Å². The van der Waals surface area contributed by atoms with Crippen molar-refractivity contribution in [2.45, 2.75) is 56.9 Å². The molecular weight excluding hydrogens is 342 g/mol. The molecule has 7 nitrogen and oxygen atoms in total. The number of amides is 2. The smallest absolute Gasteiger partial charge is 0.251 e. The van der Waals surface area contributed by atoms with Gasteiger partial charge in [-0.25, -0.2) is 0 Å². The predicted octanol–water partition coefficient (Wildman–Crippen LogP) is 3.00. The Labute approximate surface area is 158 Å². The summed E-state index contributed by atoms with van der Waals surface area (Å²) in [6.07, 6.45) is 10.4. The van der Waals surface area contributed by atoms with Crippen molar-refractivity contribution in [3.63, 3.8) is 0 Å². The minimum atomic E-state index is -0.0640. The molecule has 2 fully saturated rings. The Bertz CT molecular complexity index is 792. The summed E-state index contributed by atoms with van der Waals surface area (Å²) in [5, 5.41) is 13.3. The molecule has 2 aliphatic rings. The van der Waals surface area contributed by atoms with E-state index in [-0.39, 0.29) is 23.8 Å². The normalized spacial score (nSPS) is 22.7. The zero-order valence-electron chi connectivity index (χ0n) is 15.3. The van der Waals surface area contributed by atoms with Gasteiger partial charge in [-0.05, 0) is 37.8 Å². The van der Waals surface area contributed by atoms with Crippen LogP contribution in [0.5, 0.6) is 0 Å². The number of nitrogens with zero attached hydrogens (tertiary/aromatic N) is 2. The van der Waals surface area contributed by atoms with E-state index in [1.165, 1.54) is 6.42 Å². The molecule has 0 aromatic carbocycles. The monoisotopic (exact) mass is 367 g/mol. The Balaban J connectivity index is 1.25. The van der Waals surface area contributed by atoms with Crippen molar-refractivity contribution in [1.82, 2.24) is 20.5 Å². The molecule has 0 saturated heterocycles. The average molecular weight is 367 g/mol. The van der Waals surface area contributed by atoms with Crippen molar-refractivity contribution in [1.29, 1.82) is 0 Å². The lowest BCUT2D eigenvalue weighted by atomic mass is 9.78. The fourth-order valence-corrected chi connectivity index (χ4v) is 3.96. The summed E-state index contributed by atoms with van der Waals surface area (Å²) < 4.78 is 0. The highest BCUT2D eigenvalue weighted by molar-refractivity contribution is 5.94.